The Labute approximate surface area is 181 Å². The lowest BCUT2D eigenvalue weighted by Gasteiger charge is -2.14. The van der Waals surface area contributed by atoms with E-state index in [1.165, 1.54) is 30.3 Å². The van der Waals surface area contributed by atoms with Gasteiger partial charge in [0.25, 0.3) is 10.0 Å². The van der Waals surface area contributed by atoms with E-state index < -0.39 is 10.0 Å². The standard InChI is InChI=1S/C20H21ClN2O4S.ClH/c1-22-12-14-13-23(28(24,25)16-8-6-7-15(11-16)26-2)19(20(14)27-3)17-9-4-5-10-18(17)21;/h4-11,13,22H,12H2,1-3H3;1H. The van der Waals surface area contributed by atoms with Crippen molar-refractivity contribution in [1.82, 2.24) is 9.29 Å². The Hall–Kier alpha value is -2.19. The number of hydrogen-bond donors (Lipinski definition) is 1. The number of benzene rings is 2. The second kappa shape index (κ2) is 9.54. The molecule has 0 radical (unpaired) electrons. The molecule has 3 rings (SSSR count). The lowest BCUT2D eigenvalue weighted by Crippen LogP contribution is -2.14. The van der Waals surface area contributed by atoms with Crippen LogP contribution in [-0.4, -0.2) is 33.7 Å². The maximum Gasteiger partial charge on any atom is 0.268 e. The van der Waals surface area contributed by atoms with E-state index in [0.717, 1.165) is 0 Å². The van der Waals surface area contributed by atoms with Gasteiger partial charge in [-0.05, 0) is 25.2 Å². The van der Waals surface area contributed by atoms with E-state index in [1.807, 2.05) is 0 Å². The molecule has 6 nitrogen and oxygen atoms in total. The Bertz CT molecular complexity index is 1100. The molecule has 3 aromatic rings. The summed E-state index contributed by atoms with van der Waals surface area (Å²) in [5.41, 5.74) is 1.64. The molecule has 0 aliphatic heterocycles. The molecule has 1 aromatic heterocycles. The molecule has 0 saturated heterocycles. The van der Waals surface area contributed by atoms with Gasteiger partial charge in [0, 0.05) is 29.9 Å². The Balaban J connectivity index is 0.00000300. The fraction of sp³-hybridized carbons (Fsp3) is 0.200. The molecule has 2 aromatic carbocycles. The van der Waals surface area contributed by atoms with Crippen LogP contribution in [0.5, 0.6) is 11.5 Å². The lowest BCUT2D eigenvalue weighted by atomic mass is 10.1. The van der Waals surface area contributed by atoms with Crippen molar-refractivity contribution in [1.29, 1.82) is 0 Å². The van der Waals surface area contributed by atoms with Crippen LogP contribution in [0.3, 0.4) is 0 Å². The summed E-state index contributed by atoms with van der Waals surface area (Å²) < 4.78 is 38.9. The number of nitrogens with one attached hydrogen (secondary N) is 1. The molecular formula is C20H22Cl2N2O4S. The first-order valence-electron chi connectivity index (χ1n) is 8.51. The fourth-order valence-corrected chi connectivity index (χ4v) is 4.68. The number of methoxy groups -OCH3 is 2. The first-order valence-corrected chi connectivity index (χ1v) is 10.3. The van der Waals surface area contributed by atoms with E-state index in [-0.39, 0.29) is 17.3 Å². The molecule has 0 aliphatic rings. The summed E-state index contributed by atoms with van der Waals surface area (Å²) in [4.78, 5) is 0.105. The molecule has 1 N–H and O–H groups in total. The van der Waals surface area contributed by atoms with Crippen molar-refractivity contribution in [2.75, 3.05) is 21.3 Å². The summed E-state index contributed by atoms with van der Waals surface area (Å²) in [5, 5.41) is 3.46. The average Bonchev–Trinajstić information content (AvgIpc) is 3.07. The highest BCUT2D eigenvalue weighted by Gasteiger charge is 2.28. The quantitative estimate of drug-likeness (QED) is 0.576. The Kier molecular flexibility index (Phi) is 7.60. The fourth-order valence-electron chi connectivity index (χ4n) is 3.02. The van der Waals surface area contributed by atoms with Crippen LogP contribution in [0.2, 0.25) is 5.02 Å². The van der Waals surface area contributed by atoms with Crippen LogP contribution in [-0.2, 0) is 16.6 Å². The average molecular weight is 457 g/mol. The molecule has 0 bridgehead atoms. The summed E-state index contributed by atoms with van der Waals surface area (Å²) in [6, 6.07) is 13.4. The normalized spacial score (nSPS) is 11.0. The zero-order chi connectivity index (χ0) is 20.3. The number of hydrogen-bond acceptors (Lipinski definition) is 5. The molecule has 29 heavy (non-hydrogen) atoms. The molecule has 0 atom stereocenters. The minimum Gasteiger partial charge on any atom is -0.497 e. The maximum absolute atomic E-state index is 13.5. The van der Waals surface area contributed by atoms with Gasteiger partial charge in [-0.1, -0.05) is 35.9 Å². The van der Waals surface area contributed by atoms with Gasteiger partial charge in [-0.15, -0.1) is 12.4 Å². The van der Waals surface area contributed by atoms with Crippen LogP contribution in [0.15, 0.2) is 59.6 Å². The van der Waals surface area contributed by atoms with Gasteiger partial charge in [-0.25, -0.2) is 12.4 Å². The summed E-state index contributed by atoms with van der Waals surface area (Å²) >= 11 is 6.39. The summed E-state index contributed by atoms with van der Waals surface area (Å²) in [6.07, 6.45) is 1.56. The van der Waals surface area contributed by atoms with Crippen molar-refractivity contribution in [3.63, 3.8) is 0 Å². The molecule has 1 heterocycles. The minimum atomic E-state index is -3.93. The van der Waals surface area contributed by atoms with Crippen LogP contribution in [0.4, 0.5) is 0 Å². The summed E-state index contributed by atoms with van der Waals surface area (Å²) in [5.74, 6) is 0.906. The van der Waals surface area contributed by atoms with E-state index in [0.29, 0.717) is 39.9 Å². The van der Waals surface area contributed by atoms with E-state index in [9.17, 15) is 8.42 Å². The number of aromatic nitrogens is 1. The maximum atomic E-state index is 13.5. The Morgan fingerprint density at radius 3 is 2.41 bits per heavy atom. The Morgan fingerprint density at radius 2 is 1.79 bits per heavy atom. The van der Waals surface area contributed by atoms with Crippen molar-refractivity contribution >= 4 is 34.0 Å². The second-order valence-corrected chi connectivity index (χ2v) is 8.25. The Morgan fingerprint density at radius 1 is 1.07 bits per heavy atom. The van der Waals surface area contributed by atoms with Gasteiger partial charge in [-0.2, -0.15) is 0 Å². The molecule has 156 valence electrons. The van der Waals surface area contributed by atoms with E-state index >= 15 is 0 Å². The largest absolute Gasteiger partial charge is 0.497 e. The number of halogens is 2. The molecule has 9 heteroatoms. The monoisotopic (exact) mass is 456 g/mol. The molecule has 0 amide bonds. The van der Waals surface area contributed by atoms with Gasteiger partial charge in [0.15, 0.2) is 0 Å². The van der Waals surface area contributed by atoms with Gasteiger partial charge < -0.3 is 14.8 Å². The van der Waals surface area contributed by atoms with Crippen molar-refractivity contribution in [2.24, 2.45) is 0 Å². The second-order valence-electron chi connectivity index (χ2n) is 6.03. The first-order chi connectivity index (χ1) is 13.4. The SMILES string of the molecule is CNCc1cn(S(=O)(=O)c2cccc(OC)c2)c(-c2ccccc2Cl)c1OC.Cl. The highest BCUT2D eigenvalue weighted by Crippen LogP contribution is 2.40. The molecule has 0 aliphatic carbocycles. The third-order valence-corrected chi connectivity index (χ3v) is 6.28. The number of ether oxygens (including phenoxy) is 2. The third kappa shape index (κ3) is 4.38. The molecule has 0 unspecified atom stereocenters. The van der Waals surface area contributed by atoms with Gasteiger partial charge in [0.2, 0.25) is 0 Å². The predicted molar refractivity (Wildman–Crippen MR) is 117 cm³/mol. The summed E-state index contributed by atoms with van der Waals surface area (Å²) in [6.45, 7) is 0.432. The number of rotatable bonds is 7. The van der Waals surface area contributed by atoms with Crippen LogP contribution in [0.25, 0.3) is 11.3 Å². The molecule has 0 saturated carbocycles. The van der Waals surface area contributed by atoms with Crippen molar-refractivity contribution in [3.8, 4) is 22.8 Å². The van der Waals surface area contributed by atoms with Gasteiger partial charge in [-0.3, -0.25) is 0 Å². The molecule has 0 spiro atoms. The van der Waals surface area contributed by atoms with Crippen molar-refractivity contribution in [2.45, 2.75) is 11.4 Å². The summed E-state index contributed by atoms with van der Waals surface area (Å²) in [7, 11) is 0.855. The topological polar surface area (TPSA) is 69.6 Å². The van der Waals surface area contributed by atoms with Crippen molar-refractivity contribution < 1.29 is 17.9 Å². The van der Waals surface area contributed by atoms with E-state index in [2.05, 4.69) is 5.32 Å². The van der Waals surface area contributed by atoms with Crippen LogP contribution in [0.1, 0.15) is 5.56 Å². The van der Waals surface area contributed by atoms with E-state index in [1.54, 1.807) is 49.6 Å². The highest BCUT2D eigenvalue weighted by molar-refractivity contribution is 7.90. The lowest BCUT2D eigenvalue weighted by molar-refractivity contribution is 0.411. The van der Waals surface area contributed by atoms with E-state index in [4.69, 9.17) is 21.1 Å². The molecular weight excluding hydrogens is 435 g/mol. The zero-order valence-electron chi connectivity index (χ0n) is 16.2. The van der Waals surface area contributed by atoms with Gasteiger partial charge in [0.1, 0.15) is 17.2 Å². The van der Waals surface area contributed by atoms with Gasteiger partial charge >= 0.3 is 0 Å². The minimum absolute atomic E-state index is 0. The number of nitrogens with zero attached hydrogens (tertiary/aromatic N) is 1. The smallest absolute Gasteiger partial charge is 0.268 e. The van der Waals surface area contributed by atoms with Gasteiger partial charge in [0.05, 0.1) is 24.1 Å². The van der Waals surface area contributed by atoms with Crippen LogP contribution >= 0.6 is 24.0 Å². The van der Waals surface area contributed by atoms with Crippen molar-refractivity contribution in [3.05, 3.63) is 65.3 Å². The van der Waals surface area contributed by atoms with Crippen LogP contribution < -0.4 is 14.8 Å². The zero-order valence-corrected chi connectivity index (χ0v) is 18.6. The third-order valence-electron chi connectivity index (χ3n) is 4.30. The predicted octanol–water partition coefficient (Wildman–Crippen LogP) is 4.20. The first kappa shape index (κ1) is 23.1. The van der Waals surface area contributed by atoms with Crippen LogP contribution in [0, 0.1) is 0 Å². The molecule has 0 fully saturated rings. The highest BCUT2D eigenvalue weighted by atomic mass is 35.5.